The number of rotatable bonds is 6. The normalized spacial score (nSPS) is 15.0. The third-order valence-electron chi connectivity index (χ3n) is 4.85. The first kappa shape index (κ1) is 20.0. The van der Waals surface area contributed by atoms with Gasteiger partial charge in [0.1, 0.15) is 0 Å². The van der Waals surface area contributed by atoms with Crippen LogP contribution in [0.1, 0.15) is 37.3 Å². The Balaban J connectivity index is 1.72. The molecule has 0 radical (unpaired) electrons. The molecule has 2 aromatic carbocycles. The molecule has 2 aromatic rings. The van der Waals surface area contributed by atoms with Gasteiger partial charge in [-0.15, -0.1) is 0 Å². The van der Waals surface area contributed by atoms with Crippen molar-refractivity contribution in [2.45, 2.75) is 31.7 Å². The number of primary amides is 1. The van der Waals surface area contributed by atoms with Crippen LogP contribution in [0.15, 0.2) is 48.5 Å². The maximum absolute atomic E-state index is 12.7. The summed E-state index contributed by atoms with van der Waals surface area (Å²) in [4.78, 5) is 26.4. The summed E-state index contributed by atoms with van der Waals surface area (Å²) in [6, 6.07) is 13.6. The Labute approximate surface area is 170 Å². The highest BCUT2D eigenvalue weighted by Gasteiger charge is 2.20. The van der Waals surface area contributed by atoms with Gasteiger partial charge in [0, 0.05) is 18.1 Å². The number of nitrogens with two attached hydrogens (primary N) is 1. The Hall–Kier alpha value is -2.73. The van der Waals surface area contributed by atoms with E-state index < -0.39 is 12.1 Å². The fourth-order valence-corrected chi connectivity index (χ4v) is 3.62. The van der Waals surface area contributed by atoms with E-state index in [9.17, 15) is 9.59 Å². The van der Waals surface area contributed by atoms with Crippen molar-refractivity contribution in [3.8, 4) is 0 Å². The Morgan fingerprint density at radius 3 is 2.39 bits per heavy atom. The monoisotopic (exact) mass is 400 g/mol. The second-order valence-corrected chi connectivity index (χ2v) is 7.37. The number of nitrogens with zero attached hydrogens (tertiary/aromatic N) is 1. The topological polar surface area (TPSA) is 87.5 Å². The molecule has 1 atom stereocenters. The van der Waals surface area contributed by atoms with Crippen LogP contribution in [0, 0.1) is 0 Å². The minimum Gasteiger partial charge on any atom is -0.370 e. The molecule has 3 amide bonds. The quantitative estimate of drug-likeness (QED) is 0.683. The van der Waals surface area contributed by atoms with Crippen LogP contribution < -0.4 is 21.3 Å². The summed E-state index contributed by atoms with van der Waals surface area (Å²) >= 11 is 5.93. The van der Waals surface area contributed by atoms with Crippen LogP contribution in [0.5, 0.6) is 0 Å². The molecule has 4 N–H and O–H groups in total. The maximum atomic E-state index is 12.7. The third-order valence-corrected chi connectivity index (χ3v) is 5.11. The number of carbonyl (C=O) groups excluding carboxylic acids is 2. The number of amides is 3. The van der Waals surface area contributed by atoms with Crippen molar-refractivity contribution in [1.29, 1.82) is 0 Å². The summed E-state index contributed by atoms with van der Waals surface area (Å²) in [7, 11) is 0. The first-order chi connectivity index (χ1) is 13.5. The molecule has 0 saturated carbocycles. The third kappa shape index (κ3) is 5.39. The van der Waals surface area contributed by atoms with Crippen molar-refractivity contribution in [2.24, 2.45) is 5.73 Å². The molecule has 0 aliphatic carbocycles. The number of nitrogens with one attached hydrogen (secondary N) is 2. The fraction of sp³-hybridized carbons (Fsp3) is 0.333. The van der Waals surface area contributed by atoms with E-state index in [1.807, 2.05) is 24.3 Å². The Morgan fingerprint density at radius 1 is 1.04 bits per heavy atom. The molecule has 1 aliphatic heterocycles. The highest BCUT2D eigenvalue weighted by Crippen LogP contribution is 2.29. The Bertz CT molecular complexity index is 819. The molecule has 0 bridgehead atoms. The molecular formula is C21H25ClN4O2. The van der Waals surface area contributed by atoms with E-state index >= 15 is 0 Å². The first-order valence-electron chi connectivity index (χ1n) is 9.48. The lowest BCUT2D eigenvalue weighted by Crippen LogP contribution is -2.35. The lowest BCUT2D eigenvalue weighted by molar-refractivity contribution is -0.116. The van der Waals surface area contributed by atoms with E-state index in [1.165, 1.54) is 6.42 Å². The van der Waals surface area contributed by atoms with Crippen LogP contribution in [0.3, 0.4) is 0 Å². The van der Waals surface area contributed by atoms with Gasteiger partial charge in [0.05, 0.1) is 23.8 Å². The molecule has 1 saturated heterocycles. The van der Waals surface area contributed by atoms with Crippen molar-refractivity contribution >= 4 is 34.9 Å². The molecule has 7 heteroatoms. The predicted octanol–water partition coefficient (Wildman–Crippen LogP) is 4.07. The second kappa shape index (κ2) is 9.46. The van der Waals surface area contributed by atoms with E-state index in [2.05, 4.69) is 15.5 Å². The molecule has 0 aromatic heterocycles. The maximum Gasteiger partial charge on any atom is 0.312 e. The minimum atomic E-state index is -0.679. The summed E-state index contributed by atoms with van der Waals surface area (Å²) in [6.07, 6.45) is 3.62. The Kier molecular flexibility index (Phi) is 6.76. The van der Waals surface area contributed by atoms with E-state index in [1.54, 1.807) is 24.3 Å². The number of halogens is 1. The molecule has 1 fully saturated rings. The number of carbonyl (C=O) groups is 2. The van der Waals surface area contributed by atoms with E-state index in [0.29, 0.717) is 5.02 Å². The molecular weight excluding hydrogens is 376 g/mol. The van der Waals surface area contributed by atoms with Gasteiger partial charge in [-0.2, -0.15) is 0 Å². The number of urea groups is 1. The second-order valence-electron chi connectivity index (χ2n) is 6.93. The van der Waals surface area contributed by atoms with Crippen molar-refractivity contribution in [3.05, 3.63) is 59.1 Å². The molecule has 3 rings (SSSR count). The standard InChI is InChI=1S/C21H25ClN4O2/c22-16-10-8-15(9-11-16)18(25-21(23)28)14-20(27)24-17-6-2-3-7-19(17)26-12-4-1-5-13-26/h2-3,6-11,18H,1,4-5,12-14H2,(H,24,27)(H3,23,25,28)/t18-/m0/s1. The summed E-state index contributed by atoms with van der Waals surface area (Å²) in [5, 5.41) is 6.21. The van der Waals surface area contributed by atoms with Crippen LogP contribution >= 0.6 is 11.6 Å². The summed E-state index contributed by atoms with van der Waals surface area (Å²) in [5.41, 5.74) is 7.87. The summed E-state index contributed by atoms with van der Waals surface area (Å²) in [6.45, 7) is 1.98. The van der Waals surface area contributed by atoms with Gasteiger partial charge in [0.25, 0.3) is 0 Å². The van der Waals surface area contributed by atoms with Gasteiger partial charge >= 0.3 is 6.03 Å². The van der Waals surface area contributed by atoms with Crippen molar-refractivity contribution in [2.75, 3.05) is 23.3 Å². The zero-order valence-corrected chi connectivity index (χ0v) is 16.4. The molecule has 1 aliphatic rings. The molecule has 0 spiro atoms. The minimum absolute atomic E-state index is 0.0684. The zero-order chi connectivity index (χ0) is 19.9. The number of hydrogen-bond acceptors (Lipinski definition) is 3. The lowest BCUT2D eigenvalue weighted by Gasteiger charge is -2.30. The van der Waals surface area contributed by atoms with Gasteiger partial charge in [-0.3, -0.25) is 4.79 Å². The average Bonchev–Trinajstić information content (AvgIpc) is 2.69. The average molecular weight is 401 g/mol. The van der Waals surface area contributed by atoms with Gasteiger partial charge in [0.15, 0.2) is 0 Å². The summed E-state index contributed by atoms with van der Waals surface area (Å²) in [5.74, 6) is -0.196. The van der Waals surface area contributed by atoms with Crippen molar-refractivity contribution in [3.63, 3.8) is 0 Å². The molecule has 6 nitrogen and oxygen atoms in total. The van der Waals surface area contributed by atoms with Gasteiger partial charge in [0.2, 0.25) is 5.91 Å². The fourth-order valence-electron chi connectivity index (χ4n) is 3.50. The van der Waals surface area contributed by atoms with Crippen LogP contribution in [-0.2, 0) is 4.79 Å². The number of para-hydroxylation sites is 2. The molecule has 28 heavy (non-hydrogen) atoms. The largest absolute Gasteiger partial charge is 0.370 e. The number of anilines is 2. The molecule has 148 valence electrons. The number of hydrogen-bond donors (Lipinski definition) is 3. The van der Waals surface area contributed by atoms with E-state index in [-0.39, 0.29) is 12.3 Å². The van der Waals surface area contributed by atoms with Crippen LogP contribution in [0.25, 0.3) is 0 Å². The lowest BCUT2D eigenvalue weighted by atomic mass is 10.0. The van der Waals surface area contributed by atoms with Crippen LogP contribution in [0.4, 0.5) is 16.2 Å². The van der Waals surface area contributed by atoms with E-state index in [0.717, 1.165) is 42.9 Å². The number of benzene rings is 2. The van der Waals surface area contributed by atoms with Gasteiger partial charge < -0.3 is 21.3 Å². The van der Waals surface area contributed by atoms with Gasteiger partial charge in [-0.05, 0) is 49.1 Å². The van der Waals surface area contributed by atoms with Crippen LogP contribution in [0.2, 0.25) is 5.02 Å². The summed E-state index contributed by atoms with van der Waals surface area (Å²) < 4.78 is 0. The van der Waals surface area contributed by atoms with E-state index in [4.69, 9.17) is 17.3 Å². The van der Waals surface area contributed by atoms with Gasteiger partial charge in [-0.1, -0.05) is 35.9 Å². The zero-order valence-electron chi connectivity index (χ0n) is 15.7. The van der Waals surface area contributed by atoms with Gasteiger partial charge in [-0.25, -0.2) is 4.79 Å². The predicted molar refractivity (Wildman–Crippen MR) is 113 cm³/mol. The highest BCUT2D eigenvalue weighted by atomic mass is 35.5. The SMILES string of the molecule is NC(=O)N[C@@H](CC(=O)Nc1ccccc1N1CCCCC1)c1ccc(Cl)cc1. The molecule has 0 unspecified atom stereocenters. The number of piperidine rings is 1. The van der Waals surface area contributed by atoms with Crippen LogP contribution in [-0.4, -0.2) is 25.0 Å². The first-order valence-corrected chi connectivity index (χ1v) is 9.86. The smallest absolute Gasteiger partial charge is 0.312 e. The molecule has 1 heterocycles. The Morgan fingerprint density at radius 2 is 1.71 bits per heavy atom. The highest BCUT2D eigenvalue weighted by molar-refractivity contribution is 6.30. The van der Waals surface area contributed by atoms with Crippen molar-refractivity contribution < 1.29 is 9.59 Å². The van der Waals surface area contributed by atoms with Crippen molar-refractivity contribution in [1.82, 2.24) is 5.32 Å².